The first-order valence-corrected chi connectivity index (χ1v) is 6.43. The summed E-state index contributed by atoms with van der Waals surface area (Å²) < 4.78 is 14.2. The lowest BCUT2D eigenvalue weighted by Crippen LogP contribution is -2.42. The van der Waals surface area contributed by atoms with Crippen molar-refractivity contribution in [3.05, 3.63) is 34.1 Å². The summed E-state index contributed by atoms with van der Waals surface area (Å²) in [6, 6.07) is 4.61. The van der Waals surface area contributed by atoms with Crippen molar-refractivity contribution in [3.63, 3.8) is 0 Å². The first kappa shape index (κ1) is 12.5. The van der Waals surface area contributed by atoms with Crippen LogP contribution in [0.1, 0.15) is 23.2 Å². The summed E-state index contributed by atoms with van der Waals surface area (Å²) in [5, 5.41) is 6.08. The molecule has 1 aliphatic rings. The summed E-state index contributed by atoms with van der Waals surface area (Å²) in [5.74, 6) is -0.826. The number of benzene rings is 1. The van der Waals surface area contributed by atoms with Crippen LogP contribution in [0.2, 0.25) is 0 Å². The zero-order valence-corrected chi connectivity index (χ0v) is 10.9. The number of piperidine rings is 1. The monoisotopic (exact) mass is 300 g/mol. The fourth-order valence-corrected chi connectivity index (χ4v) is 2.24. The van der Waals surface area contributed by atoms with E-state index in [9.17, 15) is 9.18 Å². The second-order valence-corrected chi connectivity index (χ2v) is 5.04. The van der Waals surface area contributed by atoms with Gasteiger partial charge in [-0.05, 0) is 44.1 Å². The van der Waals surface area contributed by atoms with Crippen molar-refractivity contribution in [3.8, 4) is 0 Å². The van der Waals surface area contributed by atoms with E-state index in [1.54, 1.807) is 6.07 Å². The van der Waals surface area contributed by atoms with E-state index in [0.717, 1.165) is 25.9 Å². The number of hydrogen-bond acceptors (Lipinski definition) is 2. The van der Waals surface area contributed by atoms with Crippen molar-refractivity contribution in [2.45, 2.75) is 18.9 Å². The van der Waals surface area contributed by atoms with Gasteiger partial charge in [0.2, 0.25) is 0 Å². The quantitative estimate of drug-likeness (QED) is 0.878. The Morgan fingerprint density at radius 3 is 2.76 bits per heavy atom. The predicted octanol–water partition coefficient (Wildman–Crippen LogP) is 2.07. The van der Waals surface area contributed by atoms with Gasteiger partial charge < -0.3 is 10.6 Å². The van der Waals surface area contributed by atoms with E-state index in [0.29, 0.717) is 4.47 Å². The third kappa shape index (κ3) is 3.26. The van der Waals surface area contributed by atoms with Gasteiger partial charge in [0.1, 0.15) is 5.82 Å². The second kappa shape index (κ2) is 5.60. The summed E-state index contributed by atoms with van der Waals surface area (Å²) in [6.45, 7) is 1.79. The normalized spacial score (nSPS) is 16.8. The third-order valence-electron chi connectivity index (χ3n) is 2.85. The highest BCUT2D eigenvalue weighted by atomic mass is 79.9. The number of hydrogen-bond donors (Lipinski definition) is 2. The maximum Gasteiger partial charge on any atom is 0.254 e. The van der Waals surface area contributed by atoms with Gasteiger partial charge in [0.05, 0.1) is 5.56 Å². The molecule has 1 amide bonds. The van der Waals surface area contributed by atoms with Gasteiger partial charge in [0.15, 0.2) is 0 Å². The Morgan fingerprint density at radius 2 is 2.12 bits per heavy atom. The Morgan fingerprint density at radius 1 is 1.41 bits per heavy atom. The minimum Gasteiger partial charge on any atom is -0.349 e. The maximum absolute atomic E-state index is 13.6. The number of carbonyl (C=O) groups excluding carboxylic acids is 1. The minimum absolute atomic E-state index is 0.103. The number of halogens is 2. The zero-order valence-electron chi connectivity index (χ0n) is 9.30. The molecule has 2 N–H and O–H groups in total. The van der Waals surface area contributed by atoms with Crippen LogP contribution in [0.15, 0.2) is 22.7 Å². The summed E-state index contributed by atoms with van der Waals surface area (Å²) in [7, 11) is 0. The first-order valence-electron chi connectivity index (χ1n) is 5.63. The summed E-state index contributed by atoms with van der Waals surface area (Å²) >= 11 is 3.16. The molecule has 2 rings (SSSR count). The molecule has 0 bridgehead atoms. The third-order valence-corrected chi connectivity index (χ3v) is 3.34. The van der Waals surface area contributed by atoms with E-state index >= 15 is 0 Å². The van der Waals surface area contributed by atoms with Gasteiger partial charge in [-0.3, -0.25) is 4.79 Å². The summed E-state index contributed by atoms with van der Waals surface area (Å²) in [4.78, 5) is 11.9. The zero-order chi connectivity index (χ0) is 12.3. The second-order valence-electron chi connectivity index (χ2n) is 4.12. The van der Waals surface area contributed by atoms with E-state index < -0.39 is 5.82 Å². The maximum atomic E-state index is 13.6. The molecule has 0 unspecified atom stereocenters. The average Bonchev–Trinajstić information content (AvgIpc) is 2.30. The molecule has 92 valence electrons. The lowest BCUT2D eigenvalue weighted by Gasteiger charge is -2.23. The van der Waals surface area contributed by atoms with Crippen molar-refractivity contribution < 1.29 is 9.18 Å². The largest absolute Gasteiger partial charge is 0.349 e. The fraction of sp³-hybridized carbons (Fsp3) is 0.417. The number of nitrogens with one attached hydrogen (secondary N) is 2. The van der Waals surface area contributed by atoms with Crippen LogP contribution in [-0.4, -0.2) is 25.0 Å². The van der Waals surface area contributed by atoms with E-state index in [4.69, 9.17) is 0 Å². The van der Waals surface area contributed by atoms with Crippen molar-refractivity contribution in [2.24, 2.45) is 0 Å². The average molecular weight is 301 g/mol. The SMILES string of the molecule is O=C(NC1CCNCC1)c1ccc(Br)cc1F. The van der Waals surface area contributed by atoms with Gasteiger partial charge in [-0.15, -0.1) is 0 Å². The van der Waals surface area contributed by atoms with Crippen LogP contribution >= 0.6 is 15.9 Å². The molecule has 5 heteroatoms. The molecule has 1 saturated heterocycles. The van der Waals surface area contributed by atoms with E-state index in [1.165, 1.54) is 12.1 Å². The first-order chi connectivity index (χ1) is 8.16. The van der Waals surface area contributed by atoms with Gasteiger partial charge in [-0.2, -0.15) is 0 Å². The molecular formula is C12H14BrFN2O. The standard InChI is InChI=1S/C12H14BrFN2O/c13-8-1-2-10(11(14)7-8)12(17)16-9-3-5-15-6-4-9/h1-2,7,9,15H,3-6H2,(H,16,17). The minimum atomic E-state index is -0.495. The molecule has 0 aromatic heterocycles. The Labute approximate surface area is 108 Å². The highest BCUT2D eigenvalue weighted by Gasteiger charge is 2.18. The van der Waals surface area contributed by atoms with Crippen molar-refractivity contribution in [1.82, 2.24) is 10.6 Å². The van der Waals surface area contributed by atoms with Crippen LogP contribution in [0.4, 0.5) is 4.39 Å². The Hall–Kier alpha value is -0.940. The number of amides is 1. The van der Waals surface area contributed by atoms with Crippen molar-refractivity contribution >= 4 is 21.8 Å². The molecule has 0 radical (unpaired) electrons. The van der Waals surface area contributed by atoms with Crippen LogP contribution in [0.5, 0.6) is 0 Å². The summed E-state index contributed by atoms with van der Waals surface area (Å²) in [6.07, 6.45) is 1.79. The molecule has 0 aliphatic carbocycles. The van der Waals surface area contributed by atoms with E-state index in [2.05, 4.69) is 26.6 Å². The van der Waals surface area contributed by atoms with Crippen LogP contribution in [0.25, 0.3) is 0 Å². The molecular weight excluding hydrogens is 287 g/mol. The van der Waals surface area contributed by atoms with Crippen LogP contribution in [0.3, 0.4) is 0 Å². The highest BCUT2D eigenvalue weighted by molar-refractivity contribution is 9.10. The molecule has 0 saturated carbocycles. The molecule has 0 spiro atoms. The molecule has 17 heavy (non-hydrogen) atoms. The topological polar surface area (TPSA) is 41.1 Å². The molecule has 0 atom stereocenters. The molecule has 1 aliphatic heterocycles. The number of rotatable bonds is 2. The smallest absolute Gasteiger partial charge is 0.254 e. The molecule has 3 nitrogen and oxygen atoms in total. The lowest BCUT2D eigenvalue weighted by atomic mass is 10.1. The molecule has 1 aromatic carbocycles. The van der Waals surface area contributed by atoms with Gasteiger partial charge in [-0.1, -0.05) is 15.9 Å². The van der Waals surface area contributed by atoms with Gasteiger partial charge in [-0.25, -0.2) is 4.39 Å². The lowest BCUT2D eigenvalue weighted by molar-refractivity contribution is 0.0925. The van der Waals surface area contributed by atoms with Crippen LogP contribution in [-0.2, 0) is 0 Å². The van der Waals surface area contributed by atoms with Crippen molar-refractivity contribution in [2.75, 3.05) is 13.1 Å². The van der Waals surface area contributed by atoms with E-state index in [1.807, 2.05) is 0 Å². The molecule has 1 heterocycles. The van der Waals surface area contributed by atoms with Crippen molar-refractivity contribution in [1.29, 1.82) is 0 Å². The molecule has 1 fully saturated rings. The van der Waals surface area contributed by atoms with Crippen LogP contribution in [0, 0.1) is 5.82 Å². The number of carbonyl (C=O) groups is 1. The highest BCUT2D eigenvalue weighted by Crippen LogP contribution is 2.15. The Kier molecular flexibility index (Phi) is 4.12. The van der Waals surface area contributed by atoms with Gasteiger partial charge in [0.25, 0.3) is 5.91 Å². The van der Waals surface area contributed by atoms with Gasteiger partial charge >= 0.3 is 0 Å². The van der Waals surface area contributed by atoms with E-state index in [-0.39, 0.29) is 17.5 Å². The Bertz CT molecular complexity index is 419. The molecule has 1 aromatic rings. The van der Waals surface area contributed by atoms with Crippen LogP contribution < -0.4 is 10.6 Å². The predicted molar refractivity (Wildman–Crippen MR) is 67.5 cm³/mol. The summed E-state index contributed by atoms with van der Waals surface area (Å²) in [5.41, 5.74) is 0.103. The Balaban J connectivity index is 2.03. The fourth-order valence-electron chi connectivity index (χ4n) is 1.90. The van der Waals surface area contributed by atoms with Gasteiger partial charge in [0, 0.05) is 10.5 Å².